The quantitative estimate of drug-likeness (QED) is 0.0570. The van der Waals surface area contributed by atoms with E-state index >= 15 is 0 Å². The average molecular weight is 598 g/mol. The Morgan fingerprint density at radius 2 is 1.05 bits per heavy atom. The third-order valence-corrected chi connectivity index (χ3v) is 7.42. The van der Waals surface area contributed by atoms with Crippen molar-refractivity contribution in [2.45, 2.75) is 161 Å². The predicted molar refractivity (Wildman–Crippen MR) is 188 cm³/mol. The van der Waals surface area contributed by atoms with Crippen LogP contribution in [-0.2, 0) is 4.79 Å². The highest BCUT2D eigenvalue weighted by Crippen LogP contribution is 2.10. The molecule has 0 aromatic carbocycles. The van der Waals surface area contributed by atoms with Crippen molar-refractivity contribution in [3.05, 3.63) is 72.9 Å². The van der Waals surface area contributed by atoms with Gasteiger partial charge in [-0.25, -0.2) is 0 Å². The lowest BCUT2D eigenvalue weighted by atomic mass is 10.1. The summed E-state index contributed by atoms with van der Waals surface area (Å²) in [7, 11) is 0. The van der Waals surface area contributed by atoms with Crippen LogP contribution in [0.1, 0.15) is 149 Å². The molecule has 246 valence electrons. The molecule has 0 aromatic heterocycles. The molecule has 0 aromatic rings. The molecule has 0 saturated heterocycles. The molecule has 0 heterocycles. The molecule has 0 aliphatic rings. The molecule has 3 N–H and O–H groups in total. The molecule has 0 aliphatic heterocycles. The summed E-state index contributed by atoms with van der Waals surface area (Å²) in [5, 5.41) is 22.8. The van der Waals surface area contributed by atoms with Crippen molar-refractivity contribution in [3.63, 3.8) is 0 Å². The normalized spacial score (nSPS) is 14.0. The third-order valence-electron chi connectivity index (χ3n) is 7.42. The molecule has 2 atom stereocenters. The van der Waals surface area contributed by atoms with Crippen LogP contribution in [0.4, 0.5) is 0 Å². The molecule has 1 amide bonds. The van der Waals surface area contributed by atoms with Gasteiger partial charge in [0.15, 0.2) is 0 Å². The number of allylic oxidation sites excluding steroid dienone is 11. The second kappa shape index (κ2) is 34.3. The maximum absolute atomic E-state index is 12.3. The predicted octanol–water partition coefficient (Wildman–Crippen LogP) is 10.4. The van der Waals surface area contributed by atoms with Gasteiger partial charge in [0.05, 0.1) is 18.8 Å². The Hall–Kier alpha value is -2.17. The number of amides is 1. The van der Waals surface area contributed by atoms with Gasteiger partial charge in [-0.3, -0.25) is 4.79 Å². The minimum Gasteiger partial charge on any atom is -0.394 e. The maximum Gasteiger partial charge on any atom is 0.220 e. The van der Waals surface area contributed by atoms with Crippen LogP contribution in [0.2, 0.25) is 0 Å². The standard InChI is InChI=1S/C39H67NO3/c1-3-5-7-9-11-13-15-17-18-19-20-21-22-23-25-27-29-31-33-35-39(43)40-37(36-41)38(42)34-32-30-28-26-24-16-14-12-10-8-6-4-2/h5,7,11,13,17-18,20-21,24,26,32,34,37-38,41-42H,3-4,6,8-10,12,14-16,19,22-23,25,27-31,33,35-36H2,1-2H3,(H,40,43)/b7-5-,13-11-,18-17-,21-20-,26-24+,34-32+. The Kier molecular flexibility index (Phi) is 32.6. The number of aliphatic hydroxyl groups is 2. The highest BCUT2D eigenvalue weighted by Gasteiger charge is 2.17. The van der Waals surface area contributed by atoms with Crippen molar-refractivity contribution in [3.8, 4) is 0 Å². The van der Waals surface area contributed by atoms with E-state index in [0.29, 0.717) is 6.42 Å². The number of hydrogen-bond donors (Lipinski definition) is 3. The minimum atomic E-state index is -0.869. The summed E-state index contributed by atoms with van der Waals surface area (Å²) < 4.78 is 0. The lowest BCUT2D eigenvalue weighted by Crippen LogP contribution is -2.45. The van der Waals surface area contributed by atoms with Crippen molar-refractivity contribution in [2.75, 3.05) is 6.61 Å². The van der Waals surface area contributed by atoms with Crippen molar-refractivity contribution in [1.29, 1.82) is 0 Å². The summed E-state index contributed by atoms with van der Waals surface area (Å²) in [6.45, 7) is 4.13. The summed E-state index contributed by atoms with van der Waals surface area (Å²) in [6, 6.07) is -0.648. The minimum absolute atomic E-state index is 0.0940. The number of rotatable bonds is 30. The molecular formula is C39H67NO3. The molecular weight excluding hydrogens is 530 g/mol. The van der Waals surface area contributed by atoms with E-state index in [4.69, 9.17) is 0 Å². The molecule has 0 bridgehead atoms. The average Bonchev–Trinajstić information content (AvgIpc) is 3.01. The molecule has 0 saturated carbocycles. The van der Waals surface area contributed by atoms with E-state index in [1.807, 2.05) is 6.08 Å². The first-order valence-corrected chi connectivity index (χ1v) is 17.7. The molecule has 0 spiro atoms. The summed E-state index contributed by atoms with van der Waals surface area (Å²) in [4.78, 5) is 12.3. The van der Waals surface area contributed by atoms with E-state index < -0.39 is 12.1 Å². The smallest absolute Gasteiger partial charge is 0.220 e. The van der Waals surface area contributed by atoms with Gasteiger partial charge in [-0.1, -0.05) is 145 Å². The number of carbonyl (C=O) groups excluding carboxylic acids is 1. The van der Waals surface area contributed by atoms with Crippen molar-refractivity contribution in [1.82, 2.24) is 5.32 Å². The Morgan fingerprint density at radius 1 is 0.581 bits per heavy atom. The molecule has 0 rings (SSSR count). The first kappa shape index (κ1) is 40.8. The zero-order valence-corrected chi connectivity index (χ0v) is 27.9. The largest absolute Gasteiger partial charge is 0.394 e. The van der Waals surface area contributed by atoms with Gasteiger partial charge in [-0.05, 0) is 70.6 Å². The molecule has 2 unspecified atom stereocenters. The van der Waals surface area contributed by atoms with Gasteiger partial charge in [0.1, 0.15) is 0 Å². The number of aliphatic hydroxyl groups excluding tert-OH is 2. The fraction of sp³-hybridized carbons (Fsp3) is 0.667. The number of carbonyl (C=O) groups is 1. The van der Waals surface area contributed by atoms with Crippen LogP contribution < -0.4 is 5.32 Å². The van der Waals surface area contributed by atoms with Crippen LogP contribution in [-0.4, -0.2) is 34.9 Å². The van der Waals surface area contributed by atoms with E-state index in [0.717, 1.165) is 70.6 Å². The molecule has 0 radical (unpaired) electrons. The van der Waals surface area contributed by atoms with E-state index in [9.17, 15) is 15.0 Å². The Balaban J connectivity index is 3.74. The third kappa shape index (κ3) is 31.1. The maximum atomic E-state index is 12.3. The van der Waals surface area contributed by atoms with Crippen molar-refractivity contribution in [2.24, 2.45) is 0 Å². The van der Waals surface area contributed by atoms with Gasteiger partial charge in [0.2, 0.25) is 5.91 Å². The highest BCUT2D eigenvalue weighted by atomic mass is 16.3. The fourth-order valence-electron chi connectivity index (χ4n) is 4.71. The molecule has 0 fully saturated rings. The van der Waals surface area contributed by atoms with Crippen LogP contribution in [0.25, 0.3) is 0 Å². The second-order valence-corrected chi connectivity index (χ2v) is 11.5. The summed E-state index contributed by atoms with van der Waals surface area (Å²) >= 11 is 0. The Labute approximate surface area is 266 Å². The van der Waals surface area contributed by atoms with Gasteiger partial charge in [-0.2, -0.15) is 0 Å². The Bertz CT molecular complexity index is 777. The second-order valence-electron chi connectivity index (χ2n) is 11.5. The fourth-order valence-corrected chi connectivity index (χ4v) is 4.71. The van der Waals surface area contributed by atoms with Crippen LogP contribution >= 0.6 is 0 Å². The van der Waals surface area contributed by atoms with E-state index in [1.54, 1.807) is 6.08 Å². The summed E-state index contributed by atoms with van der Waals surface area (Å²) in [6.07, 6.45) is 48.4. The first-order valence-electron chi connectivity index (χ1n) is 17.7. The molecule has 43 heavy (non-hydrogen) atoms. The molecule has 0 aliphatic carbocycles. The van der Waals surface area contributed by atoms with Crippen LogP contribution in [0.15, 0.2) is 72.9 Å². The summed E-state index contributed by atoms with van der Waals surface area (Å²) in [5.74, 6) is -0.0940. The lowest BCUT2D eigenvalue weighted by Gasteiger charge is -2.19. The zero-order chi connectivity index (χ0) is 31.5. The monoisotopic (exact) mass is 598 g/mol. The van der Waals surface area contributed by atoms with Crippen LogP contribution in [0.5, 0.6) is 0 Å². The number of nitrogens with one attached hydrogen (secondary N) is 1. The van der Waals surface area contributed by atoms with E-state index in [-0.39, 0.29) is 12.5 Å². The topological polar surface area (TPSA) is 69.6 Å². The van der Waals surface area contributed by atoms with Gasteiger partial charge >= 0.3 is 0 Å². The summed E-state index contributed by atoms with van der Waals surface area (Å²) in [5.41, 5.74) is 0. The Morgan fingerprint density at radius 3 is 1.63 bits per heavy atom. The van der Waals surface area contributed by atoms with Crippen molar-refractivity contribution < 1.29 is 15.0 Å². The van der Waals surface area contributed by atoms with Gasteiger partial charge in [0.25, 0.3) is 0 Å². The van der Waals surface area contributed by atoms with Gasteiger partial charge < -0.3 is 15.5 Å². The van der Waals surface area contributed by atoms with E-state index in [2.05, 4.69) is 79.9 Å². The zero-order valence-electron chi connectivity index (χ0n) is 27.9. The van der Waals surface area contributed by atoms with Gasteiger partial charge in [-0.15, -0.1) is 0 Å². The van der Waals surface area contributed by atoms with Gasteiger partial charge in [0, 0.05) is 6.42 Å². The van der Waals surface area contributed by atoms with Crippen LogP contribution in [0.3, 0.4) is 0 Å². The van der Waals surface area contributed by atoms with Crippen molar-refractivity contribution >= 4 is 5.91 Å². The first-order chi connectivity index (χ1) is 21.2. The number of unbranched alkanes of at least 4 members (excludes halogenated alkanes) is 13. The van der Waals surface area contributed by atoms with Crippen LogP contribution in [0, 0.1) is 0 Å². The highest BCUT2D eigenvalue weighted by molar-refractivity contribution is 5.76. The van der Waals surface area contributed by atoms with E-state index in [1.165, 1.54) is 57.8 Å². The SMILES string of the molecule is CC/C=C\C/C=C\C/C=C\C/C=C\CCCCCCCCC(=O)NC(CO)C(O)/C=C/CC/C=C/CCCCCCCC. The number of hydrogen-bond acceptors (Lipinski definition) is 3. The lowest BCUT2D eigenvalue weighted by molar-refractivity contribution is -0.123. The molecule has 4 heteroatoms. The molecule has 4 nitrogen and oxygen atoms in total.